The number of thiophene rings is 1. The van der Waals surface area contributed by atoms with Crippen LogP contribution < -0.4 is 15.7 Å². The first-order valence-corrected chi connectivity index (χ1v) is 9.97. The Morgan fingerprint density at radius 3 is 2.89 bits per heavy atom. The molecule has 2 heterocycles. The molecule has 0 aliphatic heterocycles. The predicted molar refractivity (Wildman–Crippen MR) is 107 cm³/mol. The van der Waals surface area contributed by atoms with E-state index < -0.39 is 5.63 Å². The number of hydrogen-bond donors (Lipinski definition) is 1. The molecule has 1 amide bonds. The summed E-state index contributed by atoms with van der Waals surface area (Å²) < 4.78 is 10.7. The molecule has 0 unspecified atom stereocenters. The molecule has 0 saturated carbocycles. The maximum atomic E-state index is 12.3. The van der Waals surface area contributed by atoms with E-state index in [1.165, 1.54) is 28.7 Å². The summed E-state index contributed by atoms with van der Waals surface area (Å²) in [5.41, 5.74) is 1.64. The van der Waals surface area contributed by atoms with Gasteiger partial charge >= 0.3 is 5.63 Å². The number of benzene rings is 1. The van der Waals surface area contributed by atoms with Gasteiger partial charge in [-0.25, -0.2) is 4.79 Å². The number of carbonyl (C=O) groups is 1. The Labute approximate surface area is 165 Å². The summed E-state index contributed by atoms with van der Waals surface area (Å²) in [6, 6.07) is 10.3. The van der Waals surface area contributed by atoms with E-state index in [0.717, 1.165) is 36.6 Å². The molecule has 1 aliphatic carbocycles. The summed E-state index contributed by atoms with van der Waals surface area (Å²) in [4.78, 5) is 24.9. The number of aryl methyl sites for hydroxylation is 1. The molecule has 7 heteroatoms. The highest BCUT2D eigenvalue weighted by Gasteiger charge is 2.21. The first kappa shape index (κ1) is 18.3. The first-order chi connectivity index (χ1) is 13.6. The zero-order chi connectivity index (χ0) is 19.5. The molecule has 1 aliphatic rings. The number of ether oxygens (including phenoxy) is 1. The minimum Gasteiger partial charge on any atom is -0.484 e. The lowest BCUT2D eigenvalue weighted by Crippen LogP contribution is -2.20. The van der Waals surface area contributed by atoms with Crippen molar-refractivity contribution >= 4 is 33.2 Å². The van der Waals surface area contributed by atoms with Gasteiger partial charge in [-0.3, -0.25) is 4.79 Å². The molecular weight excluding hydrogens is 376 g/mol. The highest BCUT2D eigenvalue weighted by molar-refractivity contribution is 7.16. The van der Waals surface area contributed by atoms with Gasteiger partial charge in [0, 0.05) is 22.4 Å². The van der Waals surface area contributed by atoms with Crippen molar-refractivity contribution < 1.29 is 13.9 Å². The van der Waals surface area contributed by atoms with Gasteiger partial charge < -0.3 is 14.5 Å². The predicted octanol–water partition coefficient (Wildman–Crippen LogP) is 4.01. The largest absolute Gasteiger partial charge is 0.484 e. The van der Waals surface area contributed by atoms with Gasteiger partial charge in [0.15, 0.2) is 6.61 Å². The van der Waals surface area contributed by atoms with E-state index >= 15 is 0 Å². The smallest absolute Gasteiger partial charge is 0.336 e. The van der Waals surface area contributed by atoms with Crippen molar-refractivity contribution in [2.75, 3.05) is 11.9 Å². The summed E-state index contributed by atoms with van der Waals surface area (Å²) in [7, 11) is 0. The molecule has 0 spiro atoms. The van der Waals surface area contributed by atoms with Crippen LogP contribution >= 0.6 is 11.3 Å². The van der Waals surface area contributed by atoms with Crippen LogP contribution in [0.15, 0.2) is 39.5 Å². The second-order valence-electron chi connectivity index (χ2n) is 6.67. The highest BCUT2D eigenvalue weighted by atomic mass is 32.1. The van der Waals surface area contributed by atoms with Crippen molar-refractivity contribution in [3.8, 4) is 11.8 Å². The third-order valence-corrected chi connectivity index (χ3v) is 5.96. The molecule has 1 N–H and O–H groups in total. The van der Waals surface area contributed by atoms with Gasteiger partial charge in [0.05, 0.1) is 5.56 Å². The van der Waals surface area contributed by atoms with Crippen LogP contribution in [0, 0.1) is 11.3 Å². The molecule has 2 aromatic heterocycles. The standard InChI is InChI=1S/C21H18N2O4S/c22-11-16-15-4-2-1-3-5-18(15)28-21(16)23-19(24)12-26-14-8-6-13-7-9-20(25)27-17(13)10-14/h6-10H,1-5,12H2,(H,23,24). The van der Waals surface area contributed by atoms with Gasteiger partial charge in [-0.1, -0.05) is 6.42 Å². The third kappa shape index (κ3) is 3.78. The van der Waals surface area contributed by atoms with Crippen molar-refractivity contribution in [1.29, 1.82) is 5.26 Å². The Balaban J connectivity index is 1.45. The van der Waals surface area contributed by atoms with Gasteiger partial charge in [-0.05, 0) is 49.4 Å². The Morgan fingerprint density at radius 1 is 1.21 bits per heavy atom. The van der Waals surface area contributed by atoms with Gasteiger partial charge in [0.25, 0.3) is 5.91 Å². The average Bonchev–Trinajstić information content (AvgIpc) is 2.85. The van der Waals surface area contributed by atoms with E-state index in [2.05, 4.69) is 11.4 Å². The first-order valence-electron chi connectivity index (χ1n) is 9.15. The quantitative estimate of drug-likeness (QED) is 0.533. The van der Waals surface area contributed by atoms with Crippen LogP contribution in [0.5, 0.6) is 5.75 Å². The monoisotopic (exact) mass is 394 g/mol. The molecule has 4 rings (SSSR count). The molecule has 0 radical (unpaired) electrons. The van der Waals surface area contributed by atoms with Crippen LogP contribution in [0.1, 0.15) is 35.3 Å². The summed E-state index contributed by atoms with van der Waals surface area (Å²) >= 11 is 1.49. The van der Waals surface area contributed by atoms with Crippen molar-refractivity contribution in [3.63, 3.8) is 0 Å². The SMILES string of the molecule is N#Cc1c(NC(=O)COc2ccc3ccc(=O)oc3c2)sc2c1CCCCC2. The Morgan fingerprint density at radius 2 is 2.04 bits per heavy atom. The molecule has 28 heavy (non-hydrogen) atoms. The second kappa shape index (κ2) is 7.87. The number of rotatable bonds is 4. The summed E-state index contributed by atoms with van der Waals surface area (Å²) in [6.07, 6.45) is 5.22. The summed E-state index contributed by atoms with van der Waals surface area (Å²) in [5.74, 6) is 0.0991. The number of amides is 1. The van der Waals surface area contributed by atoms with E-state index in [4.69, 9.17) is 9.15 Å². The lowest BCUT2D eigenvalue weighted by atomic mass is 10.1. The maximum absolute atomic E-state index is 12.3. The van der Waals surface area contributed by atoms with Crippen LogP contribution in [-0.4, -0.2) is 12.5 Å². The van der Waals surface area contributed by atoms with Crippen molar-refractivity contribution in [3.05, 3.63) is 56.8 Å². The van der Waals surface area contributed by atoms with Crippen LogP contribution in [0.2, 0.25) is 0 Å². The Bertz CT molecular complexity index is 1140. The molecule has 0 saturated heterocycles. The Kier molecular flexibility index (Phi) is 5.13. The molecule has 3 aromatic rings. The fourth-order valence-electron chi connectivity index (χ4n) is 3.39. The summed E-state index contributed by atoms with van der Waals surface area (Å²) in [6.45, 7) is -0.198. The number of anilines is 1. The number of fused-ring (bicyclic) bond motifs is 2. The van der Waals surface area contributed by atoms with Gasteiger partial charge in [0.2, 0.25) is 0 Å². The zero-order valence-corrected chi connectivity index (χ0v) is 15.9. The molecular formula is C21H18N2O4S. The van der Waals surface area contributed by atoms with Crippen LogP contribution in [0.4, 0.5) is 5.00 Å². The van der Waals surface area contributed by atoms with Gasteiger partial charge in [-0.15, -0.1) is 11.3 Å². The van der Waals surface area contributed by atoms with E-state index in [9.17, 15) is 14.9 Å². The number of nitrogens with one attached hydrogen (secondary N) is 1. The van der Waals surface area contributed by atoms with Crippen LogP contribution in [0.3, 0.4) is 0 Å². The van der Waals surface area contributed by atoms with Crippen molar-refractivity contribution in [1.82, 2.24) is 0 Å². The third-order valence-electron chi connectivity index (χ3n) is 4.75. The molecule has 1 aromatic carbocycles. The van der Waals surface area contributed by atoms with Crippen molar-refractivity contribution in [2.24, 2.45) is 0 Å². The summed E-state index contributed by atoms with van der Waals surface area (Å²) in [5, 5.41) is 13.7. The van der Waals surface area contributed by atoms with Crippen LogP contribution in [0.25, 0.3) is 11.0 Å². The van der Waals surface area contributed by atoms with Crippen molar-refractivity contribution in [2.45, 2.75) is 32.1 Å². The molecule has 0 atom stereocenters. The molecule has 6 nitrogen and oxygen atoms in total. The minimum atomic E-state index is -0.441. The number of hydrogen-bond acceptors (Lipinski definition) is 6. The number of nitrogens with zero attached hydrogens (tertiary/aromatic N) is 1. The zero-order valence-electron chi connectivity index (χ0n) is 15.1. The highest BCUT2D eigenvalue weighted by Crippen LogP contribution is 2.36. The van der Waals surface area contributed by atoms with Gasteiger partial charge in [-0.2, -0.15) is 5.26 Å². The fourth-order valence-corrected chi connectivity index (χ4v) is 4.65. The topological polar surface area (TPSA) is 92.3 Å². The number of nitriles is 1. The molecule has 0 bridgehead atoms. The van der Waals surface area contributed by atoms with E-state index in [0.29, 0.717) is 21.9 Å². The van der Waals surface area contributed by atoms with E-state index in [1.807, 2.05) is 0 Å². The maximum Gasteiger partial charge on any atom is 0.336 e. The lowest BCUT2D eigenvalue weighted by molar-refractivity contribution is -0.118. The number of carbonyl (C=O) groups excluding carboxylic acids is 1. The Hall–Kier alpha value is -3.11. The lowest BCUT2D eigenvalue weighted by Gasteiger charge is -2.07. The normalized spacial score (nSPS) is 13.4. The molecule has 0 fully saturated rings. The second-order valence-corrected chi connectivity index (χ2v) is 7.78. The molecule has 142 valence electrons. The fraction of sp³-hybridized carbons (Fsp3) is 0.286. The average molecular weight is 394 g/mol. The van der Waals surface area contributed by atoms with Crippen LogP contribution in [-0.2, 0) is 17.6 Å². The van der Waals surface area contributed by atoms with E-state index in [1.54, 1.807) is 24.3 Å². The minimum absolute atomic E-state index is 0.198. The van der Waals surface area contributed by atoms with E-state index in [-0.39, 0.29) is 12.5 Å². The van der Waals surface area contributed by atoms with Gasteiger partial charge in [0.1, 0.15) is 22.4 Å².